The zero-order chi connectivity index (χ0) is 26.8. The van der Waals surface area contributed by atoms with E-state index in [2.05, 4.69) is 11.9 Å². The highest BCUT2D eigenvalue weighted by Gasteiger charge is 2.50. The number of esters is 1. The smallest absolute Gasteiger partial charge is 0.309 e. The van der Waals surface area contributed by atoms with Crippen LogP contribution in [-0.2, 0) is 14.3 Å². The molecule has 202 valence electrons. The number of carbonyl (C=O) groups is 2. The van der Waals surface area contributed by atoms with Gasteiger partial charge in [0, 0.05) is 11.3 Å². The largest absolute Gasteiger partial charge is 0.458 e. The van der Waals surface area contributed by atoms with Gasteiger partial charge in [0.15, 0.2) is 0 Å². The van der Waals surface area contributed by atoms with Crippen molar-refractivity contribution in [1.82, 2.24) is 4.98 Å². The quantitative estimate of drug-likeness (QED) is 0.374. The van der Waals surface area contributed by atoms with Gasteiger partial charge in [0.05, 0.1) is 29.7 Å². The molecule has 1 aliphatic carbocycles. The molecule has 2 fully saturated rings. The summed E-state index contributed by atoms with van der Waals surface area (Å²) in [6.07, 6.45) is 6.04. The summed E-state index contributed by atoms with van der Waals surface area (Å²) in [6, 6.07) is 0. The van der Waals surface area contributed by atoms with Crippen LogP contribution in [0.1, 0.15) is 85.8 Å². The van der Waals surface area contributed by atoms with Crippen LogP contribution in [0.25, 0.3) is 6.08 Å². The van der Waals surface area contributed by atoms with Crippen molar-refractivity contribution in [3.05, 3.63) is 16.6 Å². The highest BCUT2D eigenvalue weighted by atomic mass is 32.2. The maximum absolute atomic E-state index is 13.3. The van der Waals surface area contributed by atoms with Crippen LogP contribution in [0.4, 0.5) is 0 Å². The van der Waals surface area contributed by atoms with Gasteiger partial charge in [0.2, 0.25) is 0 Å². The van der Waals surface area contributed by atoms with Crippen molar-refractivity contribution in [3.8, 4) is 0 Å². The van der Waals surface area contributed by atoms with Crippen LogP contribution in [-0.4, -0.2) is 51.5 Å². The Kier molecular flexibility index (Phi) is 9.51. The van der Waals surface area contributed by atoms with E-state index in [4.69, 9.17) is 4.74 Å². The maximum Gasteiger partial charge on any atom is 0.309 e. The van der Waals surface area contributed by atoms with Crippen molar-refractivity contribution in [3.63, 3.8) is 0 Å². The number of hydrogen-bond acceptors (Lipinski definition) is 8. The summed E-state index contributed by atoms with van der Waals surface area (Å²) in [7, 11) is 0. The lowest BCUT2D eigenvalue weighted by atomic mass is 9.73. The molecule has 1 saturated carbocycles. The predicted octanol–water partition coefficient (Wildman–Crippen LogP) is 5.76. The number of thioether (sulfide) groups is 1. The summed E-state index contributed by atoms with van der Waals surface area (Å²) < 4.78 is 6.96. The Morgan fingerprint density at radius 2 is 1.94 bits per heavy atom. The van der Waals surface area contributed by atoms with Crippen molar-refractivity contribution < 1.29 is 24.5 Å². The van der Waals surface area contributed by atoms with Crippen LogP contribution in [0.2, 0.25) is 0 Å². The molecule has 1 aromatic heterocycles. The number of aromatic nitrogens is 1. The normalized spacial score (nSPS) is 36.8. The summed E-state index contributed by atoms with van der Waals surface area (Å²) in [6.45, 7) is 11.3. The van der Waals surface area contributed by atoms with Gasteiger partial charge in [-0.2, -0.15) is 0 Å². The van der Waals surface area contributed by atoms with Crippen molar-refractivity contribution in [2.45, 2.75) is 103 Å². The number of hydrogen-bond donors (Lipinski definition) is 2. The molecule has 3 rings (SSSR count). The predicted molar refractivity (Wildman–Crippen MR) is 146 cm³/mol. The molecule has 0 amide bonds. The Balaban J connectivity index is 1.85. The molecule has 0 aromatic carbocycles. The summed E-state index contributed by atoms with van der Waals surface area (Å²) >= 11 is 3.19. The number of ketones is 1. The van der Waals surface area contributed by atoms with Gasteiger partial charge in [-0.1, -0.05) is 52.8 Å². The first-order valence-electron chi connectivity index (χ1n) is 13.1. The van der Waals surface area contributed by atoms with Gasteiger partial charge in [0.25, 0.3) is 0 Å². The Morgan fingerprint density at radius 3 is 2.58 bits per heavy atom. The highest BCUT2D eigenvalue weighted by Crippen LogP contribution is 2.58. The molecule has 6 nitrogen and oxygen atoms in total. The van der Waals surface area contributed by atoms with Gasteiger partial charge in [-0.15, -0.1) is 11.3 Å². The fourth-order valence-electron chi connectivity index (χ4n) is 5.54. The number of rotatable bonds is 3. The molecule has 2 heterocycles. The first-order chi connectivity index (χ1) is 16.8. The van der Waals surface area contributed by atoms with Crippen molar-refractivity contribution in [2.24, 2.45) is 28.6 Å². The second kappa shape index (κ2) is 11.7. The van der Waals surface area contributed by atoms with Crippen LogP contribution in [0.15, 0.2) is 15.3 Å². The standard InChI is InChI=1S/C28H43NO5S2/c1-16-9-8-10-28(6)14-19(28)12-21(17(2)11-20-15-36-26(29-20)35-7)34-23(31)13-22(30)27(4,5)25(33)18(3)24(16)32/h11,15-16,18-19,21-22,24,30,32H,8-10,12-14H2,1-7H3/b17-11+/t16-,18+,19+,21-,22-,24-,28+/m0/s1. The molecule has 1 aromatic rings. The number of ether oxygens (including phenoxy) is 1. The van der Waals surface area contributed by atoms with Gasteiger partial charge in [-0.05, 0) is 67.8 Å². The van der Waals surface area contributed by atoms with E-state index in [-0.39, 0.29) is 23.5 Å². The van der Waals surface area contributed by atoms with Gasteiger partial charge in [-0.3, -0.25) is 9.59 Å². The SMILES string of the molecule is CSc1nc(/C=C(\C)[C@@H]2C[C@@H]3C[C@@]3(C)CCC[C@H](C)[C@H](O)[C@@H](C)C(=O)C(C)(C)[C@@H](O)CC(=O)O2)cs1. The van der Waals surface area contributed by atoms with E-state index in [0.717, 1.165) is 47.7 Å². The Hall–Kier alpha value is -1.22. The third-order valence-corrected chi connectivity index (χ3v) is 10.5. The second-order valence-corrected chi connectivity index (χ2v) is 13.8. The Morgan fingerprint density at radius 1 is 1.25 bits per heavy atom. The summed E-state index contributed by atoms with van der Waals surface area (Å²) in [5.41, 5.74) is 0.812. The molecule has 2 aliphatic rings. The zero-order valence-electron chi connectivity index (χ0n) is 22.7. The summed E-state index contributed by atoms with van der Waals surface area (Å²) in [5.74, 6) is -0.937. The van der Waals surface area contributed by atoms with Crippen molar-refractivity contribution in [1.29, 1.82) is 0 Å². The third-order valence-electron chi connectivity index (χ3n) is 8.61. The van der Waals surface area contributed by atoms with E-state index in [0.29, 0.717) is 5.92 Å². The lowest BCUT2D eigenvalue weighted by molar-refractivity contribution is -0.154. The number of thiazole rings is 1. The Labute approximate surface area is 224 Å². The van der Waals surface area contributed by atoms with Gasteiger partial charge >= 0.3 is 5.97 Å². The number of fused-ring (bicyclic) bond motifs is 1. The van der Waals surface area contributed by atoms with Crippen molar-refractivity contribution >= 4 is 40.9 Å². The third kappa shape index (κ3) is 6.80. The molecule has 36 heavy (non-hydrogen) atoms. The van der Waals surface area contributed by atoms with E-state index < -0.39 is 35.6 Å². The number of carbonyl (C=O) groups excluding carboxylic acids is 2. The first-order valence-corrected chi connectivity index (χ1v) is 15.2. The number of nitrogens with zero attached hydrogens (tertiary/aromatic N) is 1. The van der Waals surface area contributed by atoms with Gasteiger partial charge in [-0.25, -0.2) is 4.98 Å². The topological polar surface area (TPSA) is 96.7 Å². The summed E-state index contributed by atoms with van der Waals surface area (Å²) in [5, 5.41) is 23.8. The molecule has 1 aliphatic heterocycles. The lowest BCUT2D eigenvalue weighted by Crippen LogP contribution is -2.45. The van der Waals surface area contributed by atoms with Crippen LogP contribution >= 0.6 is 23.1 Å². The monoisotopic (exact) mass is 537 g/mol. The van der Waals surface area contributed by atoms with Gasteiger partial charge < -0.3 is 14.9 Å². The molecule has 1 saturated heterocycles. The molecule has 0 radical (unpaired) electrons. The van der Waals surface area contributed by atoms with Crippen LogP contribution < -0.4 is 0 Å². The van der Waals surface area contributed by atoms with Crippen molar-refractivity contribution in [2.75, 3.05) is 6.26 Å². The molecular formula is C28H43NO5S2. The number of Topliss-reactive ketones (excluding diaryl/α,β-unsaturated/α-hetero) is 1. The Bertz CT molecular complexity index is 973. The molecule has 0 bridgehead atoms. The average Bonchev–Trinajstić information content (AvgIpc) is 3.23. The molecule has 2 N–H and O–H groups in total. The molecule has 7 atom stereocenters. The first kappa shape index (κ1) is 29.3. The van der Waals surface area contributed by atoms with Crippen LogP contribution in [0, 0.1) is 28.6 Å². The molecular weight excluding hydrogens is 494 g/mol. The molecule has 8 heteroatoms. The maximum atomic E-state index is 13.3. The van der Waals surface area contributed by atoms with Crippen LogP contribution in [0.3, 0.4) is 0 Å². The fraction of sp³-hybridized carbons (Fsp3) is 0.750. The minimum atomic E-state index is -1.20. The van der Waals surface area contributed by atoms with E-state index >= 15 is 0 Å². The lowest BCUT2D eigenvalue weighted by Gasteiger charge is -2.34. The van der Waals surface area contributed by atoms with Gasteiger partial charge in [0.1, 0.15) is 16.2 Å². The minimum Gasteiger partial charge on any atom is -0.458 e. The number of cyclic esters (lactones) is 1. The highest BCUT2D eigenvalue weighted by molar-refractivity contribution is 8.00. The minimum absolute atomic E-state index is 0.0159. The van der Waals surface area contributed by atoms with E-state index in [1.807, 2.05) is 31.6 Å². The molecule has 0 unspecified atom stereocenters. The van der Waals surface area contributed by atoms with Crippen LogP contribution in [0.5, 0.6) is 0 Å². The van der Waals surface area contributed by atoms with E-state index in [9.17, 15) is 19.8 Å². The fourth-order valence-corrected chi connectivity index (χ4v) is 6.76. The zero-order valence-corrected chi connectivity index (χ0v) is 24.4. The van der Waals surface area contributed by atoms with E-state index in [1.54, 1.807) is 43.9 Å². The van der Waals surface area contributed by atoms with E-state index in [1.165, 1.54) is 0 Å². The average molecular weight is 538 g/mol. The second-order valence-electron chi connectivity index (χ2n) is 11.9. The molecule has 0 spiro atoms. The number of aliphatic hydroxyl groups excluding tert-OH is 2. The summed E-state index contributed by atoms with van der Waals surface area (Å²) in [4.78, 5) is 30.9. The number of aliphatic hydroxyl groups is 2.